The van der Waals surface area contributed by atoms with Crippen molar-refractivity contribution < 1.29 is 14.2 Å². The second kappa shape index (κ2) is 6.54. The number of hydrogen-bond donors (Lipinski definition) is 2. The number of aromatic amines is 1. The molecule has 0 radical (unpaired) electrons. The Kier molecular flexibility index (Phi) is 3.67. The van der Waals surface area contributed by atoms with Gasteiger partial charge in [0.2, 0.25) is 18.6 Å². The van der Waals surface area contributed by atoms with Gasteiger partial charge in [-0.05, 0) is 34.5 Å². The van der Waals surface area contributed by atoms with Crippen molar-refractivity contribution in [3.8, 4) is 34.7 Å². The maximum atomic E-state index is 9.90. The fourth-order valence-corrected chi connectivity index (χ4v) is 4.24. The second-order valence-corrected chi connectivity index (χ2v) is 7.42. The Balaban J connectivity index is 1.56. The van der Waals surface area contributed by atoms with Gasteiger partial charge < -0.3 is 19.9 Å². The van der Waals surface area contributed by atoms with E-state index in [0.717, 1.165) is 33.2 Å². The lowest BCUT2D eigenvalue weighted by Crippen LogP contribution is -2.21. The van der Waals surface area contributed by atoms with Crippen molar-refractivity contribution in [2.45, 2.75) is 5.92 Å². The smallest absolute Gasteiger partial charge is 0.244 e. The summed E-state index contributed by atoms with van der Waals surface area (Å²) in [7, 11) is 0. The molecule has 7 nitrogen and oxygen atoms in total. The lowest BCUT2D eigenvalue weighted by atomic mass is 9.82. The molecule has 0 aliphatic carbocycles. The average Bonchev–Trinajstić information content (AvgIpc) is 3.44. The minimum absolute atomic E-state index is 0.0502. The van der Waals surface area contributed by atoms with Crippen LogP contribution in [0.2, 0.25) is 0 Å². The van der Waals surface area contributed by atoms with E-state index in [1.54, 1.807) is 0 Å². The highest BCUT2D eigenvalue weighted by molar-refractivity contribution is 5.87. The van der Waals surface area contributed by atoms with Crippen LogP contribution in [0.25, 0.3) is 22.0 Å². The first-order valence-electron chi connectivity index (χ1n) is 9.77. The van der Waals surface area contributed by atoms with E-state index in [1.807, 2.05) is 36.4 Å². The van der Waals surface area contributed by atoms with Gasteiger partial charge in [-0.2, -0.15) is 5.26 Å². The highest BCUT2D eigenvalue weighted by Crippen LogP contribution is 2.47. The first-order chi connectivity index (χ1) is 15.2. The third kappa shape index (κ3) is 2.62. The molecule has 0 bridgehead atoms. The number of nitrogens with zero attached hydrogens (tertiary/aromatic N) is 2. The largest absolute Gasteiger partial charge is 0.454 e. The molecule has 150 valence electrons. The Labute approximate surface area is 177 Å². The van der Waals surface area contributed by atoms with Crippen LogP contribution in [0.15, 0.2) is 72.1 Å². The molecule has 2 aliphatic heterocycles. The molecule has 0 saturated heterocycles. The van der Waals surface area contributed by atoms with Gasteiger partial charge in [-0.25, -0.2) is 0 Å². The summed E-state index contributed by atoms with van der Waals surface area (Å²) in [5, 5.41) is 19.6. The van der Waals surface area contributed by atoms with E-state index >= 15 is 0 Å². The predicted molar refractivity (Wildman–Crippen MR) is 113 cm³/mol. The van der Waals surface area contributed by atoms with Crippen LogP contribution in [0.1, 0.15) is 17.0 Å². The van der Waals surface area contributed by atoms with Crippen LogP contribution in [-0.4, -0.2) is 17.0 Å². The Morgan fingerprint density at radius 3 is 2.71 bits per heavy atom. The number of H-pyrrole nitrogens is 1. The summed E-state index contributed by atoms with van der Waals surface area (Å²) >= 11 is 0. The van der Waals surface area contributed by atoms with Crippen LogP contribution in [-0.2, 0) is 0 Å². The number of nitrogens with two attached hydrogens (primary N) is 1. The van der Waals surface area contributed by atoms with Crippen molar-refractivity contribution in [3.63, 3.8) is 0 Å². The maximum absolute atomic E-state index is 9.90. The number of hydrogen-bond acceptors (Lipinski definition) is 6. The zero-order valence-electron chi connectivity index (χ0n) is 16.3. The van der Waals surface area contributed by atoms with Crippen LogP contribution in [0, 0.1) is 11.3 Å². The molecule has 0 spiro atoms. The summed E-state index contributed by atoms with van der Waals surface area (Å²) in [6.45, 7) is 0.176. The molecule has 0 saturated carbocycles. The fourth-order valence-electron chi connectivity index (χ4n) is 4.24. The molecule has 3 aromatic carbocycles. The highest BCUT2D eigenvalue weighted by Gasteiger charge is 2.36. The van der Waals surface area contributed by atoms with Gasteiger partial charge in [0.15, 0.2) is 11.5 Å². The van der Waals surface area contributed by atoms with Crippen molar-refractivity contribution in [2.24, 2.45) is 5.73 Å². The van der Waals surface area contributed by atoms with Crippen molar-refractivity contribution in [1.82, 2.24) is 10.2 Å². The molecule has 31 heavy (non-hydrogen) atoms. The van der Waals surface area contributed by atoms with Crippen LogP contribution in [0.4, 0.5) is 0 Å². The van der Waals surface area contributed by atoms with E-state index in [1.165, 1.54) is 0 Å². The third-order valence-electron chi connectivity index (χ3n) is 5.71. The van der Waals surface area contributed by atoms with Crippen LogP contribution >= 0.6 is 0 Å². The molecule has 6 rings (SSSR count). The van der Waals surface area contributed by atoms with E-state index in [2.05, 4.69) is 40.5 Å². The Hall–Kier alpha value is -4.44. The number of allylic oxidation sites excluding steroid dienone is 1. The van der Waals surface area contributed by atoms with Crippen LogP contribution < -0.4 is 19.9 Å². The zero-order valence-corrected chi connectivity index (χ0v) is 16.3. The van der Waals surface area contributed by atoms with Gasteiger partial charge in [-0.15, -0.1) is 5.10 Å². The molecule has 7 heteroatoms. The summed E-state index contributed by atoms with van der Waals surface area (Å²) in [5.74, 6) is 1.27. The van der Waals surface area contributed by atoms with Gasteiger partial charge >= 0.3 is 0 Å². The van der Waals surface area contributed by atoms with E-state index < -0.39 is 5.92 Å². The third-order valence-corrected chi connectivity index (χ3v) is 5.71. The fraction of sp³-hybridized carbons (Fsp3) is 0.0833. The van der Waals surface area contributed by atoms with Crippen LogP contribution in [0.5, 0.6) is 17.4 Å². The second-order valence-electron chi connectivity index (χ2n) is 7.42. The highest BCUT2D eigenvalue weighted by atomic mass is 16.7. The number of benzene rings is 3. The Morgan fingerprint density at radius 2 is 1.84 bits per heavy atom. The molecule has 0 amide bonds. The molecular weight excluding hydrogens is 392 g/mol. The van der Waals surface area contributed by atoms with Gasteiger partial charge in [0.25, 0.3) is 0 Å². The van der Waals surface area contributed by atoms with Gasteiger partial charge in [-0.3, -0.25) is 5.10 Å². The first kappa shape index (κ1) is 17.4. The number of rotatable bonds is 2. The standard InChI is InChI=1S/C24H16N4O3/c25-11-17-20(15-7-8-18-19(10-15)30-12-29-18)21-22(27-28-24(21)31-23(17)26)16-6-5-13-3-1-2-4-14(13)9-16/h1-10,20H,12,26H2,(H,27,28)/t20-/m0/s1. The van der Waals surface area contributed by atoms with Gasteiger partial charge in [0.05, 0.1) is 17.2 Å². The first-order valence-corrected chi connectivity index (χ1v) is 9.77. The summed E-state index contributed by atoms with van der Waals surface area (Å²) in [6.07, 6.45) is 0. The number of aromatic nitrogens is 2. The van der Waals surface area contributed by atoms with Crippen molar-refractivity contribution in [3.05, 3.63) is 83.2 Å². The predicted octanol–water partition coefficient (Wildman–Crippen LogP) is 4.18. The maximum Gasteiger partial charge on any atom is 0.244 e. The van der Waals surface area contributed by atoms with E-state index in [4.69, 9.17) is 19.9 Å². The number of fused-ring (bicyclic) bond motifs is 3. The summed E-state index contributed by atoms with van der Waals surface area (Å²) in [4.78, 5) is 0. The molecule has 3 N–H and O–H groups in total. The Bertz CT molecular complexity index is 1430. The molecule has 1 aromatic heterocycles. The number of nitrogens with one attached hydrogen (secondary N) is 1. The van der Waals surface area contributed by atoms with Gasteiger partial charge in [0, 0.05) is 5.56 Å². The lowest BCUT2D eigenvalue weighted by Gasteiger charge is -2.24. The van der Waals surface area contributed by atoms with E-state index in [0.29, 0.717) is 23.0 Å². The topological polar surface area (TPSA) is 106 Å². The van der Waals surface area contributed by atoms with Crippen molar-refractivity contribution >= 4 is 10.8 Å². The number of nitriles is 1. The normalized spacial score (nSPS) is 16.7. The summed E-state index contributed by atoms with van der Waals surface area (Å²) in [5.41, 5.74) is 9.75. The molecule has 2 aliphatic rings. The molecule has 3 heterocycles. The quantitative estimate of drug-likeness (QED) is 0.515. The minimum atomic E-state index is -0.455. The molecule has 0 fully saturated rings. The van der Waals surface area contributed by atoms with Crippen molar-refractivity contribution in [2.75, 3.05) is 6.79 Å². The SMILES string of the molecule is N#CC1=C(N)Oc2n[nH]c(-c3ccc4ccccc4c3)c2[C@H]1c1ccc2c(c1)OCO2. The Morgan fingerprint density at radius 1 is 1.00 bits per heavy atom. The molecule has 4 aromatic rings. The average molecular weight is 408 g/mol. The van der Waals surface area contributed by atoms with E-state index in [9.17, 15) is 5.26 Å². The van der Waals surface area contributed by atoms with E-state index in [-0.39, 0.29) is 12.7 Å². The summed E-state index contributed by atoms with van der Waals surface area (Å²) < 4.78 is 16.7. The molecular formula is C24H16N4O3. The van der Waals surface area contributed by atoms with Gasteiger partial charge in [-0.1, -0.05) is 42.5 Å². The summed E-state index contributed by atoms with van der Waals surface area (Å²) in [6, 6.07) is 22.2. The monoisotopic (exact) mass is 408 g/mol. The molecule has 0 unspecified atom stereocenters. The number of ether oxygens (including phenoxy) is 3. The lowest BCUT2D eigenvalue weighted by molar-refractivity contribution is 0.174. The minimum Gasteiger partial charge on any atom is -0.454 e. The molecule has 1 atom stereocenters. The van der Waals surface area contributed by atoms with Crippen LogP contribution in [0.3, 0.4) is 0 Å². The van der Waals surface area contributed by atoms with Gasteiger partial charge in [0.1, 0.15) is 11.6 Å². The van der Waals surface area contributed by atoms with Crippen molar-refractivity contribution in [1.29, 1.82) is 5.26 Å². The zero-order chi connectivity index (χ0) is 20.9.